The van der Waals surface area contributed by atoms with Crippen LogP contribution in [0.5, 0.6) is 5.75 Å². The van der Waals surface area contributed by atoms with Crippen LogP contribution in [0.25, 0.3) is 0 Å². The molecular weight excluding hydrogens is 390 g/mol. The highest BCUT2D eigenvalue weighted by Crippen LogP contribution is 2.31. The lowest BCUT2D eigenvalue weighted by molar-refractivity contribution is 0.101. The molecule has 7 heteroatoms. The minimum Gasteiger partial charge on any atom is -0.490 e. The van der Waals surface area contributed by atoms with Crippen molar-refractivity contribution in [2.75, 3.05) is 63.3 Å². The van der Waals surface area contributed by atoms with Crippen LogP contribution in [0.15, 0.2) is 42.5 Å². The maximum Gasteiger partial charge on any atom is 0.259 e. The molecule has 0 radical (unpaired) electrons. The van der Waals surface area contributed by atoms with Gasteiger partial charge in [0.1, 0.15) is 12.4 Å². The van der Waals surface area contributed by atoms with E-state index >= 15 is 0 Å². The number of ether oxygens (including phenoxy) is 2. The van der Waals surface area contributed by atoms with Crippen LogP contribution in [0.4, 0.5) is 11.4 Å². The molecule has 0 saturated carbocycles. The van der Waals surface area contributed by atoms with E-state index < -0.39 is 0 Å². The Hall–Kier alpha value is -2.28. The first-order valence-corrected chi connectivity index (χ1v) is 10.3. The number of carbonyl (C=O) groups is 1. The number of halogens is 1. The number of benzene rings is 2. The van der Waals surface area contributed by atoms with Gasteiger partial charge in [0.25, 0.3) is 5.91 Å². The zero-order valence-corrected chi connectivity index (χ0v) is 17.7. The molecule has 1 aliphatic heterocycles. The van der Waals surface area contributed by atoms with Crippen LogP contribution in [0.2, 0.25) is 5.02 Å². The summed E-state index contributed by atoms with van der Waals surface area (Å²) in [4.78, 5) is 17.7. The van der Waals surface area contributed by atoms with Crippen molar-refractivity contribution in [1.82, 2.24) is 4.90 Å². The van der Waals surface area contributed by atoms with Crippen LogP contribution < -0.4 is 15.0 Å². The summed E-state index contributed by atoms with van der Waals surface area (Å²) < 4.78 is 10.7. The second kappa shape index (κ2) is 10.5. The van der Waals surface area contributed by atoms with Gasteiger partial charge in [0, 0.05) is 38.3 Å². The van der Waals surface area contributed by atoms with Crippen molar-refractivity contribution in [3.63, 3.8) is 0 Å². The van der Waals surface area contributed by atoms with E-state index in [1.54, 1.807) is 25.3 Å². The molecule has 0 aromatic heterocycles. The van der Waals surface area contributed by atoms with E-state index in [4.69, 9.17) is 21.1 Å². The van der Waals surface area contributed by atoms with E-state index in [-0.39, 0.29) is 5.91 Å². The van der Waals surface area contributed by atoms with E-state index in [1.165, 1.54) is 0 Å². The van der Waals surface area contributed by atoms with Crippen molar-refractivity contribution in [3.8, 4) is 5.75 Å². The minimum absolute atomic E-state index is 0.228. The topological polar surface area (TPSA) is 54.0 Å². The lowest BCUT2D eigenvalue weighted by Crippen LogP contribution is -2.46. The number of rotatable bonds is 8. The molecule has 2 aromatic rings. The number of anilines is 2. The summed E-state index contributed by atoms with van der Waals surface area (Å²) >= 11 is 6.23. The molecule has 1 fully saturated rings. The number of hydrogen-bond acceptors (Lipinski definition) is 5. The Morgan fingerprint density at radius 3 is 2.59 bits per heavy atom. The van der Waals surface area contributed by atoms with E-state index in [9.17, 15) is 4.79 Å². The second-order valence-corrected chi connectivity index (χ2v) is 7.31. The Labute approximate surface area is 177 Å². The average Bonchev–Trinajstić information content (AvgIpc) is 2.74. The Bertz CT molecular complexity index is 823. The van der Waals surface area contributed by atoms with Gasteiger partial charge in [0.2, 0.25) is 0 Å². The van der Waals surface area contributed by atoms with Crippen molar-refractivity contribution < 1.29 is 14.3 Å². The molecule has 1 N–H and O–H groups in total. The molecular formula is C22H28ClN3O3. The molecule has 2 aromatic carbocycles. The highest BCUT2D eigenvalue weighted by Gasteiger charge is 2.20. The first kappa shape index (κ1) is 21.4. The van der Waals surface area contributed by atoms with E-state index in [2.05, 4.69) is 22.0 Å². The van der Waals surface area contributed by atoms with Gasteiger partial charge in [-0.2, -0.15) is 0 Å². The molecule has 0 aliphatic carbocycles. The first-order chi connectivity index (χ1) is 14.1. The SMILES string of the molecule is CCN1CCN(c2ccc(Cl)cc2NC(=O)c2ccccc2OCCOC)CC1. The normalized spacial score (nSPS) is 14.7. The average molecular weight is 418 g/mol. The second-order valence-electron chi connectivity index (χ2n) is 6.87. The molecule has 156 valence electrons. The van der Waals surface area contributed by atoms with E-state index in [0.29, 0.717) is 35.2 Å². The van der Waals surface area contributed by atoms with Crippen LogP contribution in [-0.4, -0.2) is 63.9 Å². The van der Waals surface area contributed by atoms with Gasteiger partial charge >= 0.3 is 0 Å². The fraction of sp³-hybridized carbons (Fsp3) is 0.409. The van der Waals surface area contributed by atoms with Crippen molar-refractivity contribution >= 4 is 28.9 Å². The molecule has 0 atom stereocenters. The highest BCUT2D eigenvalue weighted by molar-refractivity contribution is 6.31. The van der Waals surface area contributed by atoms with Crippen LogP contribution in [0.1, 0.15) is 17.3 Å². The number of carbonyl (C=O) groups excluding carboxylic acids is 1. The number of likely N-dealkylation sites (N-methyl/N-ethyl adjacent to an activating group) is 1. The molecule has 1 saturated heterocycles. The molecule has 6 nitrogen and oxygen atoms in total. The predicted molar refractivity (Wildman–Crippen MR) is 118 cm³/mol. The van der Waals surface area contributed by atoms with E-state index in [0.717, 1.165) is 38.4 Å². The zero-order valence-electron chi connectivity index (χ0n) is 17.0. The summed E-state index contributed by atoms with van der Waals surface area (Å²) in [5.41, 5.74) is 2.17. The van der Waals surface area contributed by atoms with Gasteiger partial charge in [0.05, 0.1) is 23.5 Å². The number of piperazine rings is 1. The third-order valence-electron chi connectivity index (χ3n) is 5.04. The Morgan fingerprint density at radius 1 is 1.10 bits per heavy atom. The number of methoxy groups -OCH3 is 1. The first-order valence-electron chi connectivity index (χ1n) is 9.91. The summed E-state index contributed by atoms with van der Waals surface area (Å²) in [6.07, 6.45) is 0. The maximum atomic E-state index is 13.0. The maximum absolute atomic E-state index is 13.0. The van der Waals surface area contributed by atoms with Crippen LogP contribution >= 0.6 is 11.6 Å². The molecule has 1 aliphatic rings. The van der Waals surface area contributed by atoms with Gasteiger partial charge in [-0.15, -0.1) is 0 Å². The summed E-state index contributed by atoms with van der Waals surface area (Å²) in [5.74, 6) is 0.302. The third-order valence-corrected chi connectivity index (χ3v) is 5.28. The molecule has 3 rings (SSSR count). The summed E-state index contributed by atoms with van der Waals surface area (Å²) in [5, 5.41) is 3.62. The summed E-state index contributed by atoms with van der Waals surface area (Å²) in [6, 6.07) is 12.8. The van der Waals surface area contributed by atoms with Gasteiger partial charge in [-0.05, 0) is 36.9 Å². The Balaban J connectivity index is 1.78. The van der Waals surface area contributed by atoms with Crippen LogP contribution in [0, 0.1) is 0 Å². The summed E-state index contributed by atoms with van der Waals surface area (Å²) in [6.45, 7) is 7.90. The molecule has 1 heterocycles. The van der Waals surface area contributed by atoms with Gasteiger partial charge in [-0.3, -0.25) is 4.79 Å². The monoisotopic (exact) mass is 417 g/mol. The minimum atomic E-state index is -0.228. The van der Waals surface area contributed by atoms with Crippen molar-refractivity contribution in [1.29, 1.82) is 0 Å². The Morgan fingerprint density at radius 2 is 1.86 bits per heavy atom. The highest BCUT2D eigenvalue weighted by atomic mass is 35.5. The van der Waals surface area contributed by atoms with Gasteiger partial charge in [-0.25, -0.2) is 0 Å². The quantitative estimate of drug-likeness (QED) is 0.663. The van der Waals surface area contributed by atoms with Crippen LogP contribution in [-0.2, 0) is 4.74 Å². The molecule has 0 bridgehead atoms. The van der Waals surface area contributed by atoms with Gasteiger partial charge in [0.15, 0.2) is 0 Å². The fourth-order valence-electron chi connectivity index (χ4n) is 3.39. The zero-order chi connectivity index (χ0) is 20.6. The number of nitrogens with zero attached hydrogens (tertiary/aromatic N) is 2. The molecule has 0 spiro atoms. The van der Waals surface area contributed by atoms with Crippen molar-refractivity contribution in [3.05, 3.63) is 53.1 Å². The standard InChI is InChI=1S/C22H28ClN3O3/c1-3-25-10-12-26(13-11-25)20-9-8-17(23)16-19(20)24-22(27)18-6-4-5-7-21(18)29-15-14-28-2/h4-9,16H,3,10-15H2,1-2H3,(H,24,27). The number of hydrogen-bond donors (Lipinski definition) is 1. The Kier molecular flexibility index (Phi) is 7.75. The van der Waals surface area contributed by atoms with Gasteiger partial charge < -0.3 is 24.6 Å². The number of nitrogens with one attached hydrogen (secondary N) is 1. The third kappa shape index (κ3) is 5.63. The lowest BCUT2D eigenvalue weighted by atomic mass is 10.1. The predicted octanol–water partition coefficient (Wildman–Crippen LogP) is 3.76. The van der Waals surface area contributed by atoms with Gasteiger partial charge in [-0.1, -0.05) is 30.7 Å². The van der Waals surface area contributed by atoms with E-state index in [1.807, 2.05) is 24.3 Å². The smallest absolute Gasteiger partial charge is 0.259 e. The molecule has 1 amide bonds. The van der Waals surface area contributed by atoms with Crippen LogP contribution in [0.3, 0.4) is 0 Å². The fourth-order valence-corrected chi connectivity index (χ4v) is 3.57. The molecule has 29 heavy (non-hydrogen) atoms. The van der Waals surface area contributed by atoms with Crippen molar-refractivity contribution in [2.24, 2.45) is 0 Å². The summed E-state index contributed by atoms with van der Waals surface area (Å²) in [7, 11) is 1.61. The molecule has 0 unspecified atom stereocenters. The number of para-hydroxylation sites is 1. The lowest BCUT2D eigenvalue weighted by Gasteiger charge is -2.36. The van der Waals surface area contributed by atoms with Crippen molar-refractivity contribution in [2.45, 2.75) is 6.92 Å². The number of amides is 1. The largest absolute Gasteiger partial charge is 0.490 e.